The van der Waals surface area contributed by atoms with Crippen LogP contribution in [0.4, 0.5) is 5.69 Å². The average molecular weight is 357 g/mol. The van der Waals surface area contributed by atoms with E-state index in [1.807, 2.05) is 18.2 Å². The predicted octanol–water partition coefficient (Wildman–Crippen LogP) is 2.68. The molecule has 0 aliphatic carbocycles. The van der Waals surface area contributed by atoms with Gasteiger partial charge in [-0.05, 0) is 31.2 Å². The predicted molar refractivity (Wildman–Crippen MR) is 92.5 cm³/mol. The Kier molecular flexibility index (Phi) is 4.28. The summed E-state index contributed by atoms with van der Waals surface area (Å²) in [5, 5.41) is 13.3. The van der Waals surface area contributed by atoms with Crippen molar-refractivity contribution >= 4 is 21.7 Å². The van der Waals surface area contributed by atoms with Gasteiger partial charge in [0, 0.05) is 0 Å². The summed E-state index contributed by atoms with van der Waals surface area (Å²) in [7, 11) is -3.97. The van der Waals surface area contributed by atoms with Gasteiger partial charge in [0.25, 0.3) is 10.0 Å². The maximum Gasteiger partial charge on any atom is 0.337 e. The maximum atomic E-state index is 12.5. The lowest BCUT2D eigenvalue weighted by molar-refractivity contribution is 0.0698. The molecule has 0 saturated carbocycles. The molecule has 25 heavy (non-hydrogen) atoms. The van der Waals surface area contributed by atoms with Crippen molar-refractivity contribution in [2.75, 3.05) is 4.72 Å². The van der Waals surface area contributed by atoms with Crippen LogP contribution in [0.3, 0.4) is 0 Å². The van der Waals surface area contributed by atoms with Gasteiger partial charge in [0.05, 0.1) is 29.3 Å². The lowest BCUT2D eigenvalue weighted by Crippen LogP contribution is -2.15. The molecule has 128 valence electrons. The summed E-state index contributed by atoms with van der Waals surface area (Å²) in [6.07, 6.45) is 2.58. The van der Waals surface area contributed by atoms with E-state index in [2.05, 4.69) is 9.82 Å². The van der Waals surface area contributed by atoms with E-state index in [0.29, 0.717) is 5.69 Å². The molecular weight excluding hydrogens is 342 g/mol. The number of rotatable bonds is 5. The van der Waals surface area contributed by atoms with Crippen molar-refractivity contribution in [1.82, 2.24) is 9.78 Å². The summed E-state index contributed by atoms with van der Waals surface area (Å²) < 4.78 is 28.8. The average Bonchev–Trinajstić information content (AvgIpc) is 3.08. The number of carboxylic acids is 1. The fraction of sp³-hybridized carbons (Fsp3) is 0.0588. The Bertz CT molecular complexity index is 1030. The highest BCUT2D eigenvalue weighted by Gasteiger charge is 2.20. The van der Waals surface area contributed by atoms with Gasteiger partial charge in [0.2, 0.25) is 0 Å². The summed E-state index contributed by atoms with van der Waals surface area (Å²) in [5.74, 6) is -1.21. The van der Waals surface area contributed by atoms with Crippen LogP contribution in [-0.4, -0.2) is 29.3 Å². The van der Waals surface area contributed by atoms with Gasteiger partial charge >= 0.3 is 5.97 Å². The molecule has 8 heteroatoms. The molecule has 0 atom stereocenters. The molecule has 0 unspecified atom stereocenters. The molecule has 0 fully saturated rings. The molecule has 0 saturated heterocycles. The normalized spacial score (nSPS) is 11.2. The Morgan fingerprint density at radius 1 is 1.16 bits per heavy atom. The second-order valence-corrected chi connectivity index (χ2v) is 7.10. The van der Waals surface area contributed by atoms with Crippen molar-refractivity contribution in [3.05, 3.63) is 72.1 Å². The Labute approximate surface area is 144 Å². The number of nitrogens with zero attached hydrogens (tertiary/aromatic N) is 2. The number of benzene rings is 2. The Morgan fingerprint density at radius 3 is 2.56 bits per heavy atom. The molecule has 0 amide bonds. The quantitative estimate of drug-likeness (QED) is 0.731. The molecule has 2 aromatic carbocycles. The number of sulfonamides is 1. The highest BCUT2D eigenvalue weighted by atomic mass is 32.2. The minimum atomic E-state index is -3.97. The van der Waals surface area contributed by atoms with Crippen LogP contribution in [0.5, 0.6) is 0 Å². The zero-order valence-electron chi connectivity index (χ0n) is 13.2. The Balaban J connectivity index is 1.94. The lowest BCUT2D eigenvalue weighted by Gasteiger charge is -2.10. The molecule has 1 aromatic heterocycles. The molecule has 3 rings (SSSR count). The zero-order valence-corrected chi connectivity index (χ0v) is 14.1. The second kappa shape index (κ2) is 6.40. The molecule has 3 aromatic rings. The van der Waals surface area contributed by atoms with Gasteiger partial charge in [-0.2, -0.15) is 5.10 Å². The van der Waals surface area contributed by atoms with E-state index in [4.69, 9.17) is 0 Å². The summed E-state index contributed by atoms with van der Waals surface area (Å²) >= 11 is 0. The third-order valence-corrected chi connectivity index (χ3v) is 4.86. The fourth-order valence-corrected chi connectivity index (χ4v) is 3.30. The second-order valence-electron chi connectivity index (χ2n) is 5.42. The van der Waals surface area contributed by atoms with Crippen LogP contribution in [0, 0.1) is 6.92 Å². The molecule has 7 nitrogen and oxygen atoms in total. The summed E-state index contributed by atoms with van der Waals surface area (Å²) in [6.45, 7) is 1.73. The number of nitrogens with one attached hydrogen (secondary N) is 1. The minimum absolute atomic E-state index is 0.00515. The van der Waals surface area contributed by atoms with Crippen LogP contribution in [0.15, 0.2) is 65.8 Å². The van der Waals surface area contributed by atoms with Crippen molar-refractivity contribution < 1.29 is 18.3 Å². The molecule has 0 bridgehead atoms. The van der Waals surface area contributed by atoms with E-state index in [1.54, 1.807) is 25.1 Å². The van der Waals surface area contributed by atoms with Crippen LogP contribution in [0.1, 0.15) is 15.9 Å². The van der Waals surface area contributed by atoms with Gasteiger partial charge in [-0.25, -0.2) is 17.9 Å². The molecule has 0 radical (unpaired) electrons. The number of para-hydroxylation sites is 1. The monoisotopic (exact) mass is 357 g/mol. The zero-order chi connectivity index (χ0) is 18.0. The molecule has 0 aliphatic rings. The Hall–Kier alpha value is -3.13. The number of aryl methyl sites for hydroxylation is 1. The van der Waals surface area contributed by atoms with Crippen molar-refractivity contribution in [3.8, 4) is 5.69 Å². The van der Waals surface area contributed by atoms with Gasteiger partial charge < -0.3 is 5.11 Å². The number of carbonyl (C=O) groups is 1. The first-order chi connectivity index (χ1) is 11.9. The highest BCUT2D eigenvalue weighted by Crippen LogP contribution is 2.22. The lowest BCUT2D eigenvalue weighted by atomic mass is 10.1. The third kappa shape index (κ3) is 3.53. The maximum absolute atomic E-state index is 12.5. The number of aromatic nitrogens is 2. The van der Waals surface area contributed by atoms with Crippen molar-refractivity contribution in [2.24, 2.45) is 0 Å². The van der Waals surface area contributed by atoms with Gasteiger partial charge in [0.15, 0.2) is 0 Å². The smallest absolute Gasteiger partial charge is 0.337 e. The van der Waals surface area contributed by atoms with E-state index < -0.39 is 16.0 Å². The largest absolute Gasteiger partial charge is 0.478 e. The molecule has 2 N–H and O–H groups in total. The first kappa shape index (κ1) is 16.7. The van der Waals surface area contributed by atoms with E-state index in [-0.39, 0.29) is 16.1 Å². The first-order valence-corrected chi connectivity index (χ1v) is 8.82. The third-order valence-electron chi connectivity index (χ3n) is 3.54. The van der Waals surface area contributed by atoms with Crippen LogP contribution in [-0.2, 0) is 10.0 Å². The van der Waals surface area contributed by atoms with Crippen molar-refractivity contribution in [2.45, 2.75) is 11.8 Å². The molecular formula is C17H15N3O4S. The summed E-state index contributed by atoms with van der Waals surface area (Å²) in [4.78, 5) is 11.3. The summed E-state index contributed by atoms with van der Waals surface area (Å²) in [5.41, 5.74) is 1.33. The van der Waals surface area contributed by atoms with Crippen molar-refractivity contribution in [3.63, 3.8) is 0 Å². The van der Waals surface area contributed by atoms with Gasteiger partial charge in [-0.1, -0.05) is 29.8 Å². The number of hydrogen-bond acceptors (Lipinski definition) is 4. The van der Waals surface area contributed by atoms with Gasteiger partial charge in [-0.15, -0.1) is 0 Å². The van der Waals surface area contributed by atoms with E-state index >= 15 is 0 Å². The number of aromatic carboxylic acids is 1. The fourth-order valence-electron chi connectivity index (χ4n) is 2.29. The SMILES string of the molecule is Cc1ccc(NS(=O)(=O)c2cnn(-c3ccccc3)c2)c(C(=O)O)c1. The number of anilines is 1. The van der Waals surface area contributed by atoms with E-state index in [1.165, 1.54) is 29.2 Å². The standard InChI is InChI=1S/C17H15N3O4S/c1-12-7-8-16(15(9-12)17(21)22)19-25(23,24)14-10-18-20(11-14)13-5-3-2-4-6-13/h2-11,19H,1H3,(H,21,22). The van der Waals surface area contributed by atoms with Gasteiger partial charge in [-0.3, -0.25) is 4.72 Å². The number of hydrogen-bond donors (Lipinski definition) is 2. The van der Waals surface area contributed by atoms with Crippen LogP contribution in [0.25, 0.3) is 5.69 Å². The summed E-state index contributed by atoms with van der Waals surface area (Å²) in [6, 6.07) is 13.5. The van der Waals surface area contributed by atoms with Crippen LogP contribution >= 0.6 is 0 Å². The van der Waals surface area contributed by atoms with Crippen molar-refractivity contribution in [1.29, 1.82) is 0 Å². The molecule has 1 heterocycles. The van der Waals surface area contributed by atoms with Gasteiger partial charge in [0.1, 0.15) is 4.90 Å². The highest BCUT2D eigenvalue weighted by molar-refractivity contribution is 7.92. The van der Waals surface area contributed by atoms with E-state index in [0.717, 1.165) is 5.56 Å². The number of carboxylic acid groups (broad SMARTS) is 1. The van der Waals surface area contributed by atoms with Crippen LogP contribution < -0.4 is 4.72 Å². The van der Waals surface area contributed by atoms with E-state index in [9.17, 15) is 18.3 Å². The molecule has 0 spiro atoms. The van der Waals surface area contributed by atoms with Crippen LogP contribution in [0.2, 0.25) is 0 Å². The minimum Gasteiger partial charge on any atom is -0.478 e. The Morgan fingerprint density at radius 2 is 1.88 bits per heavy atom. The first-order valence-electron chi connectivity index (χ1n) is 7.34. The molecule has 0 aliphatic heterocycles. The topological polar surface area (TPSA) is 101 Å².